The van der Waals surface area contributed by atoms with Gasteiger partial charge in [0, 0.05) is 13.2 Å². The molecule has 0 bridgehead atoms. The van der Waals surface area contributed by atoms with E-state index in [9.17, 15) is 4.79 Å². The molecule has 0 fully saturated rings. The van der Waals surface area contributed by atoms with Crippen LogP contribution in [0.5, 0.6) is 5.75 Å². The van der Waals surface area contributed by atoms with Crippen LogP contribution in [0.15, 0.2) is 24.3 Å². The standard InChI is InChI=1S/C14H20ClNO3/c15-12-6-2-3-7-13(12)19-11-8-14(18)16-9-4-1-5-10-17/h2-3,6-7,17H,1,4-5,8-11H2,(H,16,18). The summed E-state index contributed by atoms with van der Waals surface area (Å²) in [6, 6.07) is 7.18. The van der Waals surface area contributed by atoms with Crippen LogP contribution in [0.3, 0.4) is 0 Å². The van der Waals surface area contributed by atoms with E-state index in [0.717, 1.165) is 19.3 Å². The Morgan fingerprint density at radius 1 is 1.26 bits per heavy atom. The zero-order chi connectivity index (χ0) is 13.9. The van der Waals surface area contributed by atoms with Crippen molar-refractivity contribution in [3.63, 3.8) is 0 Å². The Labute approximate surface area is 118 Å². The van der Waals surface area contributed by atoms with Gasteiger partial charge in [0.15, 0.2) is 0 Å². The van der Waals surface area contributed by atoms with Crippen LogP contribution in [0.2, 0.25) is 5.02 Å². The highest BCUT2D eigenvalue weighted by Crippen LogP contribution is 2.22. The summed E-state index contributed by atoms with van der Waals surface area (Å²) in [5.41, 5.74) is 0. The van der Waals surface area contributed by atoms with Gasteiger partial charge in [-0.3, -0.25) is 4.79 Å². The van der Waals surface area contributed by atoms with Crippen molar-refractivity contribution in [2.24, 2.45) is 0 Å². The maximum Gasteiger partial charge on any atom is 0.223 e. The predicted octanol–water partition coefficient (Wildman–Crippen LogP) is 2.39. The second kappa shape index (κ2) is 9.64. The van der Waals surface area contributed by atoms with E-state index < -0.39 is 0 Å². The molecule has 19 heavy (non-hydrogen) atoms. The fourth-order valence-electron chi connectivity index (χ4n) is 1.55. The van der Waals surface area contributed by atoms with E-state index >= 15 is 0 Å². The van der Waals surface area contributed by atoms with E-state index in [4.69, 9.17) is 21.4 Å². The molecule has 0 aliphatic carbocycles. The number of aliphatic hydroxyl groups is 1. The first-order valence-corrected chi connectivity index (χ1v) is 6.86. The van der Waals surface area contributed by atoms with Crippen LogP contribution in [0.1, 0.15) is 25.7 Å². The van der Waals surface area contributed by atoms with Crippen molar-refractivity contribution >= 4 is 17.5 Å². The van der Waals surface area contributed by atoms with Gasteiger partial charge in [-0.1, -0.05) is 23.7 Å². The quantitative estimate of drug-likeness (QED) is 0.685. The van der Waals surface area contributed by atoms with Gasteiger partial charge in [0.05, 0.1) is 18.1 Å². The monoisotopic (exact) mass is 285 g/mol. The van der Waals surface area contributed by atoms with Crippen LogP contribution in [0, 0.1) is 0 Å². The van der Waals surface area contributed by atoms with Crippen molar-refractivity contribution in [3.8, 4) is 5.75 Å². The predicted molar refractivity (Wildman–Crippen MR) is 75.5 cm³/mol. The Kier molecular flexibility index (Phi) is 8.02. The number of carbonyl (C=O) groups excluding carboxylic acids is 1. The van der Waals surface area contributed by atoms with Crippen molar-refractivity contribution in [2.45, 2.75) is 25.7 Å². The molecule has 0 aliphatic heterocycles. The van der Waals surface area contributed by atoms with Gasteiger partial charge in [0.2, 0.25) is 5.91 Å². The molecule has 0 radical (unpaired) electrons. The molecule has 1 aromatic rings. The smallest absolute Gasteiger partial charge is 0.223 e. The number of unbranched alkanes of at least 4 members (excludes halogenated alkanes) is 2. The maximum absolute atomic E-state index is 11.5. The first kappa shape index (κ1) is 15.8. The van der Waals surface area contributed by atoms with Gasteiger partial charge in [-0.05, 0) is 31.4 Å². The number of ether oxygens (including phenoxy) is 1. The number of para-hydroxylation sites is 1. The zero-order valence-electron chi connectivity index (χ0n) is 10.9. The molecule has 0 aromatic heterocycles. The fourth-order valence-corrected chi connectivity index (χ4v) is 1.74. The molecular formula is C14H20ClNO3. The molecule has 0 saturated carbocycles. The summed E-state index contributed by atoms with van der Waals surface area (Å²) < 4.78 is 5.43. The van der Waals surface area contributed by atoms with Crippen LogP contribution in [0.4, 0.5) is 0 Å². The molecule has 1 rings (SSSR count). The average molecular weight is 286 g/mol. The lowest BCUT2D eigenvalue weighted by Gasteiger charge is -2.08. The highest BCUT2D eigenvalue weighted by atomic mass is 35.5. The van der Waals surface area contributed by atoms with Gasteiger partial charge in [-0.2, -0.15) is 0 Å². The van der Waals surface area contributed by atoms with Gasteiger partial charge in [0.1, 0.15) is 5.75 Å². The molecule has 5 heteroatoms. The Bertz CT molecular complexity index is 385. The van der Waals surface area contributed by atoms with Crippen molar-refractivity contribution in [1.29, 1.82) is 0 Å². The van der Waals surface area contributed by atoms with Gasteiger partial charge in [-0.15, -0.1) is 0 Å². The molecule has 1 aromatic carbocycles. The van der Waals surface area contributed by atoms with Crippen molar-refractivity contribution in [3.05, 3.63) is 29.3 Å². The number of benzene rings is 1. The zero-order valence-corrected chi connectivity index (χ0v) is 11.7. The second-order valence-electron chi connectivity index (χ2n) is 4.16. The number of rotatable bonds is 9. The summed E-state index contributed by atoms with van der Waals surface area (Å²) in [5, 5.41) is 12.0. The van der Waals surface area contributed by atoms with E-state index in [-0.39, 0.29) is 12.5 Å². The largest absolute Gasteiger partial charge is 0.491 e. The fraction of sp³-hybridized carbons (Fsp3) is 0.500. The Morgan fingerprint density at radius 2 is 2.05 bits per heavy atom. The highest BCUT2D eigenvalue weighted by Gasteiger charge is 2.03. The van der Waals surface area contributed by atoms with Gasteiger partial charge < -0.3 is 15.2 Å². The van der Waals surface area contributed by atoms with E-state index in [1.165, 1.54) is 0 Å². The van der Waals surface area contributed by atoms with Crippen LogP contribution in [-0.2, 0) is 4.79 Å². The lowest BCUT2D eigenvalue weighted by Crippen LogP contribution is -2.25. The Balaban J connectivity index is 2.09. The molecule has 106 valence electrons. The summed E-state index contributed by atoms with van der Waals surface area (Å²) in [6.45, 7) is 1.16. The maximum atomic E-state index is 11.5. The average Bonchev–Trinajstić information content (AvgIpc) is 2.41. The number of hydrogen-bond donors (Lipinski definition) is 2. The molecule has 0 saturated heterocycles. The van der Waals surface area contributed by atoms with Crippen molar-refractivity contribution < 1.29 is 14.6 Å². The molecule has 4 nitrogen and oxygen atoms in total. The molecule has 0 atom stereocenters. The molecule has 0 heterocycles. The first-order chi connectivity index (χ1) is 9.24. The molecular weight excluding hydrogens is 266 g/mol. The highest BCUT2D eigenvalue weighted by molar-refractivity contribution is 6.32. The van der Waals surface area contributed by atoms with E-state index in [0.29, 0.717) is 30.3 Å². The van der Waals surface area contributed by atoms with E-state index in [1.54, 1.807) is 12.1 Å². The summed E-state index contributed by atoms with van der Waals surface area (Å²) in [7, 11) is 0. The molecule has 0 unspecified atom stereocenters. The van der Waals surface area contributed by atoms with Gasteiger partial charge in [0.25, 0.3) is 0 Å². The molecule has 0 spiro atoms. The van der Waals surface area contributed by atoms with E-state index in [1.807, 2.05) is 12.1 Å². The number of hydrogen-bond acceptors (Lipinski definition) is 3. The SMILES string of the molecule is O=C(CCOc1ccccc1Cl)NCCCCCO. The minimum absolute atomic E-state index is 0.0314. The van der Waals surface area contributed by atoms with E-state index in [2.05, 4.69) is 5.32 Å². The normalized spacial score (nSPS) is 10.2. The van der Waals surface area contributed by atoms with Crippen LogP contribution >= 0.6 is 11.6 Å². The van der Waals surface area contributed by atoms with Crippen LogP contribution in [0.25, 0.3) is 0 Å². The second-order valence-corrected chi connectivity index (χ2v) is 4.57. The number of carbonyl (C=O) groups is 1. The lowest BCUT2D eigenvalue weighted by molar-refractivity contribution is -0.121. The minimum atomic E-state index is -0.0314. The summed E-state index contributed by atoms with van der Waals surface area (Å²) >= 11 is 5.93. The number of halogens is 1. The third kappa shape index (κ3) is 7.03. The van der Waals surface area contributed by atoms with Crippen molar-refractivity contribution in [1.82, 2.24) is 5.32 Å². The lowest BCUT2D eigenvalue weighted by atomic mass is 10.2. The molecule has 1 amide bonds. The first-order valence-electron chi connectivity index (χ1n) is 6.49. The summed E-state index contributed by atoms with van der Waals surface area (Å²) in [5.74, 6) is 0.566. The van der Waals surface area contributed by atoms with Crippen LogP contribution < -0.4 is 10.1 Å². The Hall–Kier alpha value is -1.26. The number of aliphatic hydroxyl groups excluding tert-OH is 1. The summed E-state index contributed by atoms with van der Waals surface area (Å²) in [4.78, 5) is 11.5. The Morgan fingerprint density at radius 3 is 2.79 bits per heavy atom. The number of nitrogens with one attached hydrogen (secondary N) is 1. The third-order valence-corrected chi connectivity index (χ3v) is 2.89. The summed E-state index contributed by atoms with van der Waals surface area (Å²) in [6.07, 6.45) is 2.90. The van der Waals surface area contributed by atoms with Gasteiger partial charge in [-0.25, -0.2) is 0 Å². The number of amides is 1. The van der Waals surface area contributed by atoms with Crippen LogP contribution in [-0.4, -0.2) is 30.8 Å². The van der Waals surface area contributed by atoms with Gasteiger partial charge >= 0.3 is 0 Å². The molecule has 0 aliphatic rings. The van der Waals surface area contributed by atoms with Crippen molar-refractivity contribution in [2.75, 3.05) is 19.8 Å². The topological polar surface area (TPSA) is 58.6 Å². The minimum Gasteiger partial charge on any atom is -0.491 e. The molecule has 2 N–H and O–H groups in total. The third-order valence-electron chi connectivity index (χ3n) is 2.58.